The van der Waals surface area contributed by atoms with Crippen LogP contribution in [-0.4, -0.2) is 30.2 Å². The molecule has 2 N–H and O–H groups in total. The van der Waals surface area contributed by atoms with Crippen molar-refractivity contribution in [3.8, 4) is 0 Å². The van der Waals surface area contributed by atoms with E-state index >= 15 is 0 Å². The second-order valence-corrected chi connectivity index (χ2v) is 5.90. The molecule has 0 saturated carbocycles. The van der Waals surface area contributed by atoms with Crippen molar-refractivity contribution in [3.63, 3.8) is 0 Å². The van der Waals surface area contributed by atoms with Crippen LogP contribution in [0.5, 0.6) is 0 Å². The van der Waals surface area contributed by atoms with Gasteiger partial charge in [0, 0.05) is 36.5 Å². The van der Waals surface area contributed by atoms with Crippen LogP contribution < -0.4 is 10.6 Å². The first-order chi connectivity index (χ1) is 10.6. The average Bonchev–Trinajstić information content (AvgIpc) is 2.47. The number of ether oxygens (including phenoxy) is 1. The lowest BCUT2D eigenvalue weighted by Crippen LogP contribution is -2.08. The van der Waals surface area contributed by atoms with E-state index in [1.54, 1.807) is 7.11 Å². The summed E-state index contributed by atoms with van der Waals surface area (Å²) in [4.78, 5) is 8.82. The molecule has 22 heavy (non-hydrogen) atoms. The molecule has 0 spiro atoms. The van der Waals surface area contributed by atoms with Crippen LogP contribution in [-0.2, 0) is 4.74 Å². The summed E-state index contributed by atoms with van der Waals surface area (Å²) >= 11 is 3.51. The van der Waals surface area contributed by atoms with Crippen LogP contribution in [0.15, 0.2) is 28.7 Å². The van der Waals surface area contributed by atoms with E-state index < -0.39 is 0 Å². The zero-order chi connectivity index (χ0) is 15.9. The molecular formula is C16H21BrN4O. The highest BCUT2D eigenvalue weighted by atomic mass is 79.9. The van der Waals surface area contributed by atoms with Crippen molar-refractivity contribution >= 4 is 33.3 Å². The number of rotatable bonds is 7. The van der Waals surface area contributed by atoms with Crippen molar-refractivity contribution in [1.82, 2.24) is 9.97 Å². The lowest BCUT2D eigenvalue weighted by Gasteiger charge is -2.11. The Morgan fingerprint density at radius 2 is 1.91 bits per heavy atom. The number of nitrogens with one attached hydrogen (secondary N) is 2. The molecule has 1 heterocycles. The summed E-state index contributed by atoms with van der Waals surface area (Å²) in [6.45, 7) is 5.50. The van der Waals surface area contributed by atoms with Crippen molar-refractivity contribution in [2.75, 3.05) is 30.9 Å². The fourth-order valence-corrected chi connectivity index (χ4v) is 2.27. The minimum absolute atomic E-state index is 0.730. The van der Waals surface area contributed by atoms with Gasteiger partial charge in [-0.2, -0.15) is 0 Å². The normalized spacial score (nSPS) is 10.5. The summed E-state index contributed by atoms with van der Waals surface area (Å²) in [7, 11) is 1.71. The lowest BCUT2D eigenvalue weighted by atomic mass is 10.2. The number of nitrogens with zero attached hydrogens (tertiary/aromatic N) is 2. The van der Waals surface area contributed by atoms with Crippen LogP contribution in [0.25, 0.3) is 0 Å². The topological polar surface area (TPSA) is 59.1 Å². The van der Waals surface area contributed by atoms with Crippen LogP contribution >= 0.6 is 15.9 Å². The van der Waals surface area contributed by atoms with Gasteiger partial charge in [0.15, 0.2) is 0 Å². The molecule has 0 bridgehead atoms. The summed E-state index contributed by atoms with van der Waals surface area (Å²) in [5.74, 6) is 2.33. The van der Waals surface area contributed by atoms with Gasteiger partial charge in [-0.1, -0.05) is 15.9 Å². The summed E-state index contributed by atoms with van der Waals surface area (Å²) < 4.78 is 6.13. The van der Waals surface area contributed by atoms with Crippen molar-refractivity contribution in [2.45, 2.75) is 20.3 Å². The molecule has 0 aliphatic rings. The molecule has 118 valence electrons. The van der Waals surface area contributed by atoms with E-state index in [-0.39, 0.29) is 0 Å². The third-order valence-corrected chi connectivity index (χ3v) is 3.99. The monoisotopic (exact) mass is 364 g/mol. The molecule has 0 aliphatic carbocycles. The van der Waals surface area contributed by atoms with Crippen LogP contribution in [0.3, 0.4) is 0 Å². The van der Waals surface area contributed by atoms with Gasteiger partial charge in [-0.25, -0.2) is 9.97 Å². The smallest absolute Gasteiger partial charge is 0.136 e. The molecule has 0 unspecified atom stereocenters. The maximum absolute atomic E-state index is 5.04. The van der Waals surface area contributed by atoms with E-state index in [2.05, 4.69) is 49.5 Å². The molecule has 2 rings (SSSR count). The van der Waals surface area contributed by atoms with Gasteiger partial charge in [0.05, 0.1) is 0 Å². The van der Waals surface area contributed by atoms with Crippen molar-refractivity contribution in [1.29, 1.82) is 0 Å². The van der Waals surface area contributed by atoms with Crippen LogP contribution in [0.2, 0.25) is 0 Å². The fourth-order valence-electron chi connectivity index (χ4n) is 2.03. The number of hydrogen-bond acceptors (Lipinski definition) is 5. The first kappa shape index (κ1) is 16.7. The Labute approximate surface area is 139 Å². The number of benzene rings is 1. The maximum Gasteiger partial charge on any atom is 0.136 e. The SMILES string of the molecule is COCCCNc1cc(Nc2ccc(Br)c(C)c2)nc(C)n1. The molecule has 5 nitrogen and oxygen atoms in total. The Morgan fingerprint density at radius 3 is 2.64 bits per heavy atom. The maximum atomic E-state index is 5.04. The van der Waals surface area contributed by atoms with Gasteiger partial charge in [-0.3, -0.25) is 0 Å². The van der Waals surface area contributed by atoms with Crippen molar-refractivity contribution < 1.29 is 4.74 Å². The largest absolute Gasteiger partial charge is 0.385 e. The number of halogens is 1. The predicted octanol–water partition coefficient (Wildman–Crippen LogP) is 4.05. The molecule has 0 atom stereocenters. The van der Waals surface area contributed by atoms with Gasteiger partial charge in [-0.05, 0) is 44.0 Å². The standard InChI is InChI=1S/C16H21BrN4O/c1-11-9-13(5-6-14(11)17)21-16-10-15(19-12(2)20-16)18-7-4-8-22-3/h5-6,9-10H,4,7-8H2,1-3H3,(H2,18,19,20,21). The highest BCUT2D eigenvalue weighted by molar-refractivity contribution is 9.10. The Hall–Kier alpha value is -1.66. The molecule has 0 amide bonds. The molecular weight excluding hydrogens is 344 g/mol. The lowest BCUT2D eigenvalue weighted by molar-refractivity contribution is 0.198. The summed E-state index contributed by atoms with van der Waals surface area (Å²) in [5, 5.41) is 6.61. The minimum atomic E-state index is 0.730. The molecule has 0 radical (unpaired) electrons. The van der Waals surface area contributed by atoms with Gasteiger partial charge < -0.3 is 15.4 Å². The van der Waals surface area contributed by atoms with Crippen molar-refractivity contribution in [3.05, 3.63) is 40.1 Å². The van der Waals surface area contributed by atoms with E-state index in [0.717, 1.165) is 47.2 Å². The Bertz CT molecular complexity index is 634. The number of aryl methyl sites for hydroxylation is 2. The highest BCUT2D eigenvalue weighted by Crippen LogP contribution is 2.23. The molecule has 0 aliphatic heterocycles. The van der Waals surface area contributed by atoms with E-state index in [9.17, 15) is 0 Å². The van der Waals surface area contributed by atoms with Gasteiger partial charge >= 0.3 is 0 Å². The molecule has 6 heteroatoms. The molecule has 2 aromatic rings. The summed E-state index contributed by atoms with van der Waals surface area (Å²) in [5.41, 5.74) is 2.18. The van der Waals surface area contributed by atoms with E-state index in [4.69, 9.17) is 4.74 Å². The average molecular weight is 365 g/mol. The molecule has 0 saturated heterocycles. The third kappa shape index (κ3) is 4.96. The zero-order valence-electron chi connectivity index (χ0n) is 13.1. The number of methoxy groups -OCH3 is 1. The van der Waals surface area contributed by atoms with Gasteiger partial charge in [-0.15, -0.1) is 0 Å². The van der Waals surface area contributed by atoms with Crippen LogP contribution in [0.1, 0.15) is 17.8 Å². The quantitative estimate of drug-likeness (QED) is 0.725. The number of anilines is 3. The summed E-state index contributed by atoms with van der Waals surface area (Å²) in [6.07, 6.45) is 0.939. The number of aromatic nitrogens is 2. The predicted molar refractivity (Wildman–Crippen MR) is 93.9 cm³/mol. The van der Waals surface area contributed by atoms with Gasteiger partial charge in [0.2, 0.25) is 0 Å². The first-order valence-corrected chi connectivity index (χ1v) is 7.99. The first-order valence-electron chi connectivity index (χ1n) is 7.20. The second kappa shape index (κ2) is 8.10. The van der Waals surface area contributed by atoms with E-state index in [1.165, 1.54) is 5.56 Å². The number of hydrogen-bond donors (Lipinski definition) is 2. The fraction of sp³-hybridized carbons (Fsp3) is 0.375. The van der Waals surface area contributed by atoms with Crippen LogP contribution in [0, 0.1) is 13.8 Å². The third-order valence-electron chi connectivity index (χ3n) is 3.10. The van der Waals surface area contributed by atoms with E-state index in [0.29, 0.717) is 0 Å². The van der Waals surface area contributed by atoms with Crippen molar-refractivity contribution in [2.24, 2.45) is 0 Å². The Morgan fingerprint density at radius 1 is 1.14 bits per heavy atom. The Balaban J connectivity index is 2.06. The molecule has 1 aromatic heterocycles. The van der Waals surface area contributed by atoms with Gasteiger partial charge in [0.1, 0.15) is 17.5 Å². The van der Waals surface area contributed by atoms with E-state index in [1.807, 2.05) is 25.1 Å². The second-order valence-electron chi connectivity index (χ2n) is 5.05. The highest BCUT2D eigenvalue weighted by Gasteiger charge is 2.03. The minimum Gasteiger partial charge on any atom is -0.385 e. The molecule has 0 fully saturated rings. The van der Waals surface area contributed by atoms with Gasteiger partial charge in [0.25, 0.3) is 0 Å². The zero-order valence-corrected chi connectivity index (χ0v) is 14.7. The van der Waals surface area contributed by atoms with Crippen LogP contribution in [0.4, 0.5) is 17.3 Å². The molecule has 1 aromatic carbocycles. The summed E-state index contributed by atoms with van der Waals surface area (Å²) in [6, 6.07) is 8.03. The Kier molecular flexibility index (Phi) is 6.15.